The first kappa shape index (κ1) is 13.9. The van der Waals surface area contributed by atoms with Crippen LogP contribution >= 0.6 is 0 Å². The number of hydrogen-bond donors (Lipinski definition) is 1. The van der Waals surface area contributed by atoms with Gasteiger partial charge in [-0.2, -0.15) is 4.98 Å². The zero-order chi connectivity index (χ0) is 15.0. The number of nitrogens with one attached hydrogen (secondary N) is 1. The summed E-state index contributed by atoms with van der Waals surface area (Å²) in [5, 5.41) is 3.89. The van der Waals surface area contributed by atoms with E-state index in [4.69, 9.17) is 0 Å². The van der Waals surface area contributed by atoms with Crippen LogP contribution in [0.3, 0.4) is 0 Å². The van der Waals surface area contributed by atoms with Crippen molar-refractivity contribution in [1.29, 1.82) is 0 Å². The molecule has 0 aromatic carbocycles. The van der Waals surface area contributed by atoms with Gasteiger partial charge in [-0.1, -0.05) is 12.8 Å². The van der Waals surface area contributed by atoms with Gasteiger partial charge < -0.3 is 14.8 Å². The molecule has 6 nitrogen and oxygen atoms in total. The lowest BCUT2D eigenvalue weighted by Crippen LogP contribution is -2.25. The van der Waals surface area contributed by atoms with Crippen LogP contribution in [-0.4, -0.2) is 46.5 Å². The van der Waals surface area contributed by atoms with Gasteiger partial charge in [-0.25, -0.2) is 4.98 Å². The Bertz CT molecular complexity index is 670. The average molecular weight is 287 g/mol. The van der Waals surface area contributed by atoms with Crippen LogP contribution < -0.4 is 5.32 Å². The van der Waals surface area contributed by atoms with Gasteiger partial charge in [-0.3, -0.25) is 4.79 Å². The van der Waals surface area contributed by atoms with Gasteiger partial charge in [0.15, 0.2) is 0 Å². The van der Waals surface area contributed by atoms with Crippen LogP contribution in [0.25, 0.3) is 11.0 Å². The van der Waals surface area contributed by atoms with Gasteiger partial charge >= 0.3 is 0 Å². The Morgan fingerprint density at radius 1 is 1.38 bits per heavy atom. The third kappa shape index (κ3) is 2.34. The molecule has 0 atom stereocenters. The van der Waals surface area contributed by atoms with E-state index in [9.17, 15) is 4.79 Å². The number of hydrogen-bond acceptors (Lipinski definition) is 4. The predicted octanol–water partition coefficient (Wildman–Crippen LogP) is 2.29. The summed E-state index contributed by atoms with van der Waals surface area (Å²) < 4.78 is 2.12. The standard InChI is InChI=1S/C15H21N5O/c1-16-15-17-9-10-8-12(14(21)19(2)3)20(13(10)18-15)11-6-4-5-7-11/h8-9,11H,4-7H2,1-3H3,(H,16,17,18). The van der Waals surface area contributed by atoms with E-state index in [2.05, 4.69) is 19.9 Å². The van der Waals surface area contributed by atoms with Crippen molar-refractivity contribution in [3.63, 3.8) is 0 Å². The highest BCUT2D eigenvalue weighted by atomic mass is 16.2. The summed E-state index contributed by atoms with van der Waals surface area (Å²) in [6, 6.07) is 2.27. The SMILES string of the molecule is CNc1ncc2cc(C(=O)N(C)C)n(C3CCCC3)c2n1. The molecule has 1 fully saturated rings. The molecule has 0 aliphatic heterocycles. The van der Waals surface area contributed by atoms with Crippen molar-refractivity contribution in [2.75, 3.05) is 26.5 Å². The molecule has 0 saturated heterocycles. The molecule has 1 N–H and O–H groups in total. The molecule has 0 unspecified atom stereocenters. The van der Waals surface area contributed by atoms with E-state index in [-0.39, 0.29) is 5.91 Å². The summed E-state index contributed by atoms with van der Waals surface area (Å²) in [5.74, 6) is 0.606. The summed E-state index contributed by atoms with van der Waals surface area (Å²) in [6.45, 7) is 0. The maximum atomic E-state index is 12.5. The van der Waals surface area contributed by atoms with Crippen LogP contribution in [0.1, 0.15) is 42.2 Å². The first-order valence-corrected chi connectivity index (χ1v) is 7.39. The predicted molar refractivity (Wildman–Crippen MR) is 82.6 cm³/mol. The number of rotatable bonds is 3. The van der Waals surface area contributed by atoms with Crippen LogP contribution in [0.2, 0.25) is 0 Å². The number of aromatic nitrogens is 3. The number of fused-ring (bicyclic) bond motifs is 1. The van der Waals surface area contributed by atoms with E-state index in [0.29, 0.717) is 17.7 Å². The largest absolute Gasteiger partial charge is 0.357 e. The van der Waals surface area contributed by atoms with Crippen molar-refractivity contribution in [2.45, 2.75) is 31.7 Å². The molecule has 0 spiro atoms. The van der Waals surface area contributed by atoms with Crippen molar-refractivity contribution < 1.29 is 4.79 Å². The highest BCUT2D eigenvalue weighted by Gasteiger charge is 2.26. The second kappa shape index (κ2) is 5.35. The second-order valence-corrected chi connectivity index (χ2v) is 5.76. The van der Waals surface area contributed by atoms with Crippen LogP contribution in [0, 0.1) is 0 Å². The molecule has 2 aromatic rings. The highest BCUT2D eigenvalue weighted by molar-refractivity contribution is 5.97. The monoisotopic (exact) mass is 287 g/mol. The third-order valence-corrected chi connectivity index (χ3v) is 4.11. The van der Waals surface area contributed by atoms with Gasteiger partial charge in [0.1, 0.15) is 11.3 Å². The summed E-state index contributed by atoms with van der Waals surface area (Å²) in [7, 11) is 5.36. The fourth-order valence-corrected chi connectivity index (χ4v) is 3.05. The van der Waals surface area contributed by atoms with Gasteiger partial charge in [0.2, 0.25) is 5.95 Å². The Morgan fingerprint density at radius 2 is 2.10 bits per heavy atom. The van der Waals surface area contributed by atoms with Gasteiger partial charge in [-0.05, 0) is 18.9 Å². The molecule has 0 bridgehead atoms. The fraction of sp³-hybridized carbons (Fsp3) is 0.533. The summed E-state index contributed by atoms with van der Waals surface area (Å²) in [5.41, 5.74) is 1.57. The molecule has 6 heteroatoms. The van der Waals surface area contributed by atoms with E-state index in [1.807, 2.05) is 6.07 Å². The van der Waals surface area contributed by atoms with E-state index < -0.39 is 0 Å². The van der Waals surface area contributed by atoms with Crippen molar-refractivity contribution in [3.8, 4) is 0 Å². The first-order chi connectivity index (χ1) is 10.1. The molecule has 21 heavy (non-hydrogen) atoms. The van der Waals surface area contributed by atoms with Crippen LogP contribution in [0.4, 0.5) is 5.95 Å². The molecule has 1 aliphatic carbocycles. The molecule has 0 radical (unpaired) electrons. The Balaban J connectivity index is 2.20. The van der Waals surface area contributed by atoms with Gasteiger partial charge in [0, 0.05) is 38.8 Å². The summed E-state index contributed by atoms with van der Waals surface area (Å²) in [6.07, 6.45) is 6.42. The Hall–Kier alpha value is -2.11. The van der Waals surface area contributed by atoms with Crippen molar-refractivity contribution in [3.05, 3.63) is 18.0 Å². The molecular formula is C15H21N5O. The Labute approximate surface area is 124 Å². The third-order valence-electron chi connectivity index (χ3n) is 4.11. The van der Waals surface area contributed by atoms with Crippen molar-refractivity contribution in [2.24, 2.45) is 0 Å². The average Bonchev–Trinajstić information content (AvgIpc) is 3.11. The van der Waals surface area contributed by atoms with Crippen LogP contribution in [0.15, 0.2) is 12.3 Å². The molecular weight excluding hydrogens is 266 g/mol. The maximum absolute atomic E-state index is 12.5. The van der Waals surface area contributed by atoms with Gasteiger partial charge in [-0.15, -0.1) is 0 Å². The Morgan fingerprint density at radius 3 is 2.71 bits per heavy atom. The molecule has 2 aromatic heterocycles. The molecule has 2 heterocycles. The quantitative estimate of drug-likeness (QED) is 0.940. The highest BCUT2D eigenvalue weighted by Crippen LogP contribution is 2.34. The van der Waals surface area contributed by atoms with E-state index in [1.54, 1.807) is 32.2 Å². The number of anilines is 1. The zero-order valence-electron chi connectivity index (χ0n) is 12.8. The molecule has 3 rings (SSSR count). The second-order valence-electron chi connectivity index (χ2n) is 5.76. The van der Waals surface area contributed by atoms with Crippen LogP contribution in [-0.2, 0) is 0 Å². The molecule has 1 aliphatic rings. The normalized spacial score (nSPS) is 15.6. The van der Waals surface area contributed by atoms with Crippen LogP contribution in [0.5, 0.6) is 0 Å². The fourth-order valence-electron chi connectivity index (χ4n) is 3.05. The number of nitrogens with zero attached hydrogens (tertiary/aromatic N) is 4. The topological polar surface area (TPSA) is 63.1 Å². The van der Waals surface area contributed by atoms with E-state index in [0.717, 1.165) is 23.9 Å². The lowest BCUT2D eigenvalue weighted by Gasteiger charge is -2.18. The minimum atomic E-state index is 0.0194. The number of carbonyl (C=O) groups is 1. The van der Waals surface area contributed by atoms with E-state index in [1.165, 1.54) is 12.8 Å². The smallest absolute Gasteiger partial charge is 0.270 e. The molecule has 1 amide bonds. The first-order valence-electron chi connectivity index (χ1n) is 7.39. The lowest BCUT2D eigenvalue weighted by atomic mass is 10.2. The molecule has 1 saturated carbocycles. The minimum absolute atomic E-state index is 0.0194. The number of amides is 1. The summed E-state index contributed by atoms with van der Waals surface area (Å²) >= 11 is 0. The molecule has 112 valence electrons. The minimum Gasteiger partial charge on any atom is -0.357 e. The number of carbonyl (C=O) groups excluding carboxylic acids is 1. The maximum Gasteiger partial charge on any atom is 0.270 e. The van der Waals surface area contributed by atoms with Crippen molar-refractivity contribution in [1.82, 2.24) is 19.4 Å². The summed E-state index contributed by atoms with van der Waals surface area (Å²) in [4.78, 5) is 22.9. The zero-order valence-corrected chi connectivity index (χ0v) is 12.8. The van der Waals surface area contributed by atoms with Crippen molar-refractivity contribution >= 4 is 22.9 Å². The van der Waals surface area contributed by atoms with Gasteiger partial charge in [0.25, 0.3) is 5.91 Å². The lowest BCUT2D eigenvalue weighted by molar-refractivity contribution is 0.0815. The Kier molecular flexibility index (Phi) is 3.53. The van der Waals surface area contributed by atoms with Gasteiger partial charge in [0.05, 0.1) is 0 Å². The van der Waals surface area contributed by atoms with E-state index >= 15 is 0 Å².